The largest absolute Gasteiger partial charge is 0.388 e. The molecule has 6 saturated carbocycles. The summed E-state index contributed by atoms with van der Waals surface area (Å²) >= 11 is 7.67. The predicted molar refractivity (Wildman–Crippen MR) is 59.4 cm³/mol. The van der Waals surface area contributed by atoms with E-state index in [4.69, 9.17) is 0 Å². The highest BCUT2D eigenvalue weighted by molar-refractivity contribution is 9.10. The van der Waals surface area contributed by atoms with Gasteiger partial charge in [0.1, 0.15) is 0 Å². The fraction of sp³-hybridized carbons (Fsp3) is 1.00. The van der Waals surface area contributed by atoms with Gasteiger partial charge in [0.05, 0.1) is 5.60 Å². The van der Waals surface area contributed by atoms with Crippen LogP contribution in [0.5, 0.6) is 0 Å². The second kappa shape index (κ2) is 1.91. The van der Waals surface area contributed by atoms with E-state index in [1.54, 1.807) is 0 Å². The van der Waals surface area contributed by atoms with Crippen LogP contribution in [0.3, 0.4) is 0 Å². The van der Waals surface area contributed by atoms with Gasteiger partial charge in [0.15, 0.2) is 0 Å². The standard InChI is InChI=1S/C11H12Br2O/c12-9-6-2-1-3-5-4(2)8(9)11(14,7(3)6)10(5)13/h2-10,14H,1H2/t2-,3+,4-,5-,6+,7-,8-,9+,10+,11+/m0/s1. The minimum absolute atomic E-state index is 0.328. The first-order valence-corrected chi connectivity index (χ1v) is 7.51. The van der Waals surface area contributed by atoms with E-state index in [0.717, 1.165) is 29.6 Å². The Bertz CT molecular complexity index is 353. The Hall–Kier alpha value is 0.920. The molecule has 0 amide bonds. The van der Waals surface area contributed by atoms with Crippen molar-refractivity contribution in [2.24, 2.45) is 41.4 Å². The van der Waals surface area contributed by atoms with Crippen LogP contribution in [-0.4, -0.2) is 20.4 Å². The van der Waals surface area contributed by atoms with Crippen LogP contribution < -0.4 is 0 Å². The summed E-state index contributed by atoms with van der Waals surface area (Å²) in [4.78, 5) is 1.04. The maximum absolute atomic E-state index is 10.9. The molecule has 76 valence electrons. The molecule has 6 rings (SSSR count). The highest BCUT2D eigenvalue weighted by atomic mass is 79.9. The Morgan fingerprint density at radius 2 is 1.79 bits per heavy atom. The molecular weight excluding hydrogens is 308 g/mol. The van der Waals surface area contributed by atoms with Crippen molar-refractivity contribution >= 4 is 31.9 Å². The first-order chi connectivity index (χ1) is 6.67. The van der Waals surface area contributed by atoms with Gasteiger partial charge in [-0.2, -0.15) is 0 Å². The van der Waals surface area contributed by atoms with Gasteiger partial charge in [0, 0.05) is 15.6 Å². The number of rotatable bonds is 0. The molecule has 0 radical (unpaired) electrons. The smallest absolute Gasteiger partial charge is 0.0850 e. The number of alkyl halides is 2. The zero-order valence-corrected chi connectivity index (χ0v) is 10.8. The molecule has 14 heavy (non-hydrogen) atoms. The lowest BCUT2D eigenvalue weighted by Gasteiger charge is -2.38. The minimum atomic E-state index is -0.328. The van der Waals surface area contributed by atoms with Crippen molar-refractivity contribution in [1.82, 2.24) is 0 Å². The van der Waals surface area contributed by atoms with Crippen molar-refractivity contribution in [2.45, 2.75) is 21.7 Å². The highest BCUT2D eigenvalue weighted by Gasteiger charge is 2.88. The zero-order valence-electron chi connectivity index (χ0n) is 7.61. The lowest BCUT2D eigenvalue weighted by Crippen LogP contribution is -2.45. The van der Waals surface area contributed by atoms with Crippen LogP contribution in [-0.2, 0) is 0 Å². The van der Waals surface area contributed by atoms with E-state index in [1.807, 2.05) is 0 Å². The fourth-order valence-electron chi connectivity index (χ4n) is 6.47. The summed E-state index contributed by atoms with van der Waals surface area (Å²) in [6, 6.07) is 0. The quantitative estimate of drug-likeness (QED) is 0.677. The summed E-state index contributed by atoms with van der Waals surface area (Å²) in [5.74, 6) is 5.54. The second-order valence-corrected chi connectivity index (χ2v) is 8.12. The van der Waals surface area contributed by atoms with Gasteiger partial charge in [0.25, 0.3) is 0 Å². The molecule has 6 aliphatic rings. The van der Waals surface area contributed by atoms with Gasteiger partial charge in [-0.3, -0.25) is 0 Å². The van der Waals surface area contributed by atoms with E-state index >= 15 is 0 Å². The van der Waals surface area contributed by atoms with Crippen LogP contribution in [0.4, 0.5) is 0 Å². The lowest BCUT2D eigenvalue weighted by atomic mass is 9.69. The van der Waals surface area contributed by atoms with Crippen LogP contribution >= 0.6 is 31.9 Å². The summed E-state index contributed by atoms with van der Waals surface area (Å²) in [7, 11) is 0. The van der Waals surface area contributed by atoms with Crippen molar-refractivity contribution < 1.29 is 5.11 Å². The molecule has 3 heteroatoms. The Kier molecular flexibility index (Phi) is 1.10. The molecule has 0 aromatic heterocycles. The molecule has 6 fully saturated rings. The van der Waals surface area contributed by atoms with Crippen molar-refractivity contribution in [1.29, 1.82) is 0 Å². The number of aliphatic hydroxyl groups is 1. The van der Waals surface area contributed by atoms with E-state index in [2.05, 4.69) is 31.9 Å². The third-order valence-corrected chi connectivity index (χ3v) is 8.84. The first-order valence-electron chi connectivity index (χ1n) is 5.68. The maximum atomic E-state index is 10.9. The molecule has 0 unspecified atom stereocenters. The van der Waals surface area contributed by atoms with E-state index in [1.165, 1.54) is 6.42 Å². The zero-order chi connectivity index (χ0) is 9.40. The van der Waals surface area contributed by atoms with Crippen LogP contribution in [0.15, 0.2) is 0 Å². The average Bonchev–Trinajstić information content (AvgIpc) is 2.81. The van der Waals surface area contributed by atoms with Crippen molar-refractivity contribution in [3.05, 3.63) is 0 Å². The summed E-state index contributed by atoms with van der Waals surface area (Å²) in [5.41, 5.74) is -0.328. The Morgan fingerprint density at radius 3 is 2.50 bits per heavy atom. The van der Waals surface area contributed by atoms with E-state index in [0.29, 0.717) is 21.5 Å². The predicted octanol–water partition coefficient (Wildman–Crippen LogP) is 2.02. The molecule has 10 atom stereocenters. The maximum Gasteiger partial charge on any atom is 0.0850 e. The van der Waals surface area contributed by atoms with Gasteiger partial charge in [-0.25, -0.2) is 0 Å². The van der Waals surface area contributed by atoms with Crippen molar-refractivity contribution in [2.75, 3.05) is 0 Å². The molecule has 0 spiro atoms. The van der Waals surface area contributed by atoms with Gasteiger partial charge in [-0.05, 0) is 41.9 Å². The highest BCUT2D eigenvalue weighted by Crippen LogP contribution is 2.85. The third kappa shape index (κ3) is 0.464. The normalized spacial score (nSPS) is 85.5. The van der Waals surface area contributed by atoms with Crippen molar-refractivity contribution in [3.8, 4) is 0 Å². The molecule has 0 heterocycles. The lowest BCUT2D eigenvalue weighted by molar-refractivity contribution is -0.0511. The molecule has 0 saturated heterocycles. The summed E-state index contributed by atoms with van der Waals surface area (Å²) in [5, 5.41) is 10.9. The van der Waals surface area contributed by atoms with E-state index in [9.17, 15) is 5.11 Å². The molecule has 6 bridgehead atoms. The van der Waals surface area contributed by atoms with E-state index < -0.39 is 0 Å². The molecule has 0 aliphatic heterocycles. The van der Waals surface area contributed by atoms with Crippen LogP contribution in [0, 0.1) is 41.4 Å². The third-order valence-electron chi connectivity index (χ3n) is 6.32. The Balaban J connectivity index is 1.88. The molecule has 1 N–H and O–H groups in total. The summed E-state index contributed by atoms with van der Waals surface area (Å²) in [6.07, 6.45) is 1.42. The minimum Gasteiger partial charge on any atom is -0.388 e. The number of hydrogen-bond donors (Lipinski definition) is 1. The molecule has 1 nitrogen and oxygen atoms in total. The van der Waals surface area contributed by atoms with Gasteiger partial charge in [0.2, 0.25) is 0 Å². The monoisotopic (exact) mass is 318 g/mol. The average molecular weight is 320 g/mol. The van der Waals surface area contributed by atoms with Crippen molar-refractivity contribution in [3.63, 3.8) is 0 Å². The van der Waals surface area contributed by atoms with Crippen LogP contribution in [0.2, 0.25) is 0 Å². The summed E-state index contributed by atoms with van der Waals surface area (Å²) in [6.45, 7) is 0. The van der Waals surface area contributed by atoms with Gasteiger partial charge in [-0.15, -0.1) is 0 Å². The second-order valence-electron chi connectivity index (χ2n) is 6.08. The number of hydrogen-bond acceptors (Lipinski definition) is 1. The topological polar surface area (TPSA) is 20.2 Å². The van der Waals surface area contributed by atoms with Gasteiger partial charge in [-0.1, -0.05) is 31.9 Å². The SMILES string of the molecule is O[C@]12[C@@H]3[C@H](Br)[C@@H]4[C@H]5C[C@H]([C@@H]([C@H]53)[C@H]1Br)[C@@H]42. The first kappa shape index (κ1) is 8.08. The fourth-order valence-corrected chi connectivity index (χ4v) is 9.32. The molecule has 0 aromatic carbocycles. The van der Waals surface area contributed by atoms with Crippen LogP contribution in [0.1, 0.15) is 6.42 Å². The van der Waals surface area contributed by atoms with E-state index in [-0.39, 0.29) is 5.60 Å². The van der Waals surface area contributed by atoms with Gasteiger partial charge >= 0.3 is 0 Å². The Morgan fingerprint density at radius 1 is 1.00 bits per heavy atom. The molecule has 6 aliphatic carbocycles. The molecule has 0 aromatic rings. The Labute approximate surface area is 99.9 Å². The van der Waals surface area contributed by atoms with Crippen LogP contribution in [0.25, 0.3) is 0 Å². The summed E-state index contributed by atoms with van der Waals surface area (Å²) < 4.78 is 0. The molecular formula is C11H12Br2O. The number of halogens is 2. The van der Waals surface area contributed by atoms with Gasteiger partial charge < -0.3 is 5.11 Å².